The number of amides is 1. The van der Waals surface area contributed by atoms with Gasteiger partial charge in [0, 0.05) is 30.6 Å². The van der Waals surface area contributed by atoms with Crippen molar-refractivity contribution in [2.45, 2.75) is 58.5 Å². The third kappa shape index (κ3) is 7.02. The van der Waals surface area contributed by atoms with Crippen molar-refractivity contribution in [3.05, 3.63) is 36.0 Å². The maximum absolute atomic E-state index is 12.5. The van der Waals surface area contributed by atoms with Crippen molar-refractivity contribution in [2.24, 2.45) is 10.6 Å². The Morgan fingerprint density at radius 3 is 2.44 bits per heavy atom. The zero-order chi connectivity index (χ0) is 25.5. The molecule has 4 atom stereocenters. The number of hydrogen-bond donors (Lipinski definition) is 4. The van der Waals surface area contributed by atoms with E-state index in [0.29, 0.717) is 0 Å². The molecule has 0 saturated heterocycles. The van der Waals surface area contributed by atoms with Crippen molar-refractivity contribution in [3.63, 3.8) is 0 Å². The highest BCUT2D eigenvalue weighted by Crippen LogP contribution is 2.25. The summed E-state index contributed by atoms with van der Waals surface area (Å²) in [7, 11) is 2.71. The van der Waals surface area contributed by atoms with Gasteiger partial charge in [-0.25, -0.2) is 4.79 Å². The van der Waals surface area contributed by atoms with Crippen LogP contribution in [0.4, 0.5) is 0 Å². The predicted molar refractivity (Wildman–Crippen MR) is 127 cm³/mol. The van der Waals surface area contributed by atoms with Crippen molar-refractivity contribution in [3.8, 4) is 0 Å². The number of esters is 1. The Bertz CT molecular complexity index is 994. The highest BCUT2D eigenvalue weighted by molar-refractivity contribution is 5.93. The van der Waals surface area contributed by atoms with E-state index in [-0.39, 0.29) is 12.1 Å². The fraction of sp³-hybridized carbons (Fsp3) is 0.542. The van der Waals surface area contributed by atoms with Gasteiger partial charge in [-0.15, -0.1) is 0 Å². The van der Waals surface area contributed by atoms with E-state index in [0.717, 1.165) is 16.5 Å². The molecule has 34 heavy (non-hydrogen) atoms. The second kappa shape index (κ2) is 12.0. The zero-order valence-corrected chi connectivity index (χ0v) is 20.5. The van der Waals surface area contributed by atoms with Gasteiger partial charge < -0.3 is 34.8 Å². The summed E-state index contributed by atoms with van der Waals surface area (Å²) in [5, 5.41) is 27.7. The van der Waals surface area contributed by atoms with Crippen LogP contribution in [0.1, 0.15) is 33.3 Å². The number of carbonyl (C=O) groups excluding carboxylic acids is 2. The molecule has 0 aliphatic carbocycles. The lowest BCUT2D eigenvalue weighted by molar-refractivity contribution is -0.145. The van der Waals surface area contributed by atoms with Crippen LogP contribution in [0.3, 0.4) is 0 Å². The number of ether oxygens (including phenoxy) is 2. The normalized spacial score (nSPS) is 15.9. The van der Waals surface area contributed by atoms with Crippen molar-refractivity contribution >= 4 is 28.5 Å². The summed E-state index contributed by atoms with van der Waals surface area (Å²) in [6, 6.07) is 6.69. The molecule has 0 aliphatic rings. The van der Waals surface area contributed by atoms with E-state index >= 15 is 0 Å². The van der Waals surface area contributed by atoms with Crippen molar-refractivity contribution in [1.29, 1.82) is 0 Å². The Labute approximate surface area is 199 Å². The lowest BCUT2D eigenvalue weighted by Crippen LogP contribution is -2.46. The molecule has 0 saturated carbocycles. The molecule has 0 bridgehead atoms. The van der Waals surface area contributed by atoms with Crippen LogP contribution in [0.5, 0.6) is 0 Å². The smallest absolute Gasteiger partial charge is 0.328 e. The molecule has 0 fully saturated rings. The van der Waals surface area contributed by atoms with Crippen LogP contribution >= 0.6 is 0 Å². The van der Waals surface area contributed by atoms with Gasteiger partial charge in [-0.2, -0.15) is 0 Å². The van der Waals surface area contributed by atoms with Gasteiger partial charge >= 0.3 is 5.97 Å². The van der Waals surface area contributed by atoms with Gasteiger partial charge in [-0.1, -0.05) is 44.1 Å². The van der Waals surface area contributed by atoms with Gasteiger partial charge in [0.05, 0.1) is 13.2 Å². The van der Waals surface area contributed by atoms with E-state index in [1.165, 1.54) is 21.1 Å². The number of benzene rings is 1. The Kier molecular flexibility index (Phi) is 9.60. The molecule has 188 valence electrons. The van der Waals surface area contributed by atoms with E-state index in [1.54, 1.807) is 6.20 Å². The molecule has 4 N–H and O–H groups in total. The Morgan fingerprint density at radius 2 is 1.85 bits per heavy atom. The molecule has 1 aromatic heterocycles. The average molecular weight is 478 g/mol. The van der Waals surface area contributed by atoms with Crippen molar-refractivity contribution in [1.82, 2.24) is 10.3 Å². The van der Waals surface area contributed by atoms with E-state index in [4.69, 9.17) is 14.3 Å². The van der Waals surface area contributed by atoms with Crippen LogP contribution in [0, 0.1) is 5.41 Å². The van der Waals surface area contributed by atoms with E-state index < -0.39 is 48.3 Å². The highest BCUT2D eigenvalue weighted by atomic mass is 16.6. The SMILES string of the molecule is COC(=O)[C@H](Cc1c[nH]c2ccccc12)NC(=O)CO/N=C(\C(O)[C@@H](C)O)[C@@H](OC)C(C)(C)C. The first-order valence-electron chi connectivity index (χ1n) is 11.0. The molecule has 10 heteroatoms. The summed E-state index contributed by atoms with van der Waals surface area (Å²) >= 11 is 0. The number of oxime groups is 1. The lowest BCUT2D eigenvalue weighted by atomic mass is 9.83. The Morgan fingerprint density at radius 1 is 1.18 bits per heavy atom. The van der Waals surface area contributed by atoms with Gasteiger partial charge in [0.15, 0.2) is 6.61 Å². The number of hydrogen-bond acceptors (Lipinski definition) is 8. The maximum atomic E-state index is 12.5. The number of aromatic amines is 1. The molecule has 0 radical (unpaired) electrons. The quantitative estimate of drug-likeness (QED) is 0.218. The van der Waals surface area contributed by atoms with Crippen LogP contribution in [0.25, 0.3) is 10.9 Å². The first-order valence-corrected chi connectivity index (χ1v) is 11.0. The van der Waals surface area contributed by atoms with Crippen LogP contribution in [0.2, 0.25) is 0 Å². The number of rotatable bonds is 11. The minimum Gasteiger partial charge on any atom is -0.467 e. The number of nitrogens with one attached hydrogen (secondary N) is 2. The maximum Gasteiger partial charge on any atom is 0.328 e. The minimum atomic E-state index is -1.35. The standard InChI is InChI=1S/C24H35N3O7/c1-14(28)21(30)20(22(32-5)24(2,3)4)27-34-13-19(29)26-18(23(31)33-6)11-15-12-25-17-10-8-7-9-16(15)17/h7-10,12,14,18,21-22,25,28,30H,11,13H2,1-6H3,(H,26,29)/b27-20+/t14-,18+,21?,22-/m1/s1. The van der Waals surface area contributed by atoms with E-state index in [9.17, 15) is 19.8 Å². The number of aliphatic hydroxyl groups excluding tert-OH is 2. The Hall–Kier alpha value is -2.95. The molecule has 1 amide bonds. The van der Waals surface area contributed by atoms with Gasteiger partial charge in [-0.3, -0.25) is 4.79 Å². The number of fused-ring (bicyclic) bond motifs is 1. The first-order chi connectivity index (χ1) is 16.0. The minimum absolute atomic E-state index is 0.0566. The number of H-pyrrole nitrogens is 1. The number of nitrogens with zero attached hydrogens (tertiary/aromatic N) is 1. The van der Waals surface area contributed by atoms with Crippen molar-refractivity contribution in [2.75, 3.05) is 20.8 Å². The highest BCUT2D eigenvalue weighted by Gasteiger charge is 2.36. The number of methoxy groups -OCH3 is 2. The molecule has 10 nitrogen and oxygen atoms in total. The number of aliphatic hydroxyl groups is 2. The molecule has 0 aliphatic heterocycles. The molecule has 1 aromatic carbocycles. The molecule has 0 spiro atoms. The van der Waals surface area contributed by atoms with Gasteiger partial charge in [0.25, 0.3) is 5.91 Å². The first kappa shape index (κ1) is 27.3. The second-order valence-corrected chi connectivity index (χ2v) is 9.16. The third-order valence-electron chi connectivity index (χ3n) is 5.34. The van der Waals surface area contributed by atoms with E-state index in [1.807, 2.05) is 45.0 Å². The topological polar surface area (TPSA) is 142 Å². The Balaban J connectivity index is 2.12. The predicted octanol–water partition coefficient (Wildman–Crippen LogP) is 1.54. The summed E-state index contributed by atoms with van der Waals surface area (Å²) < 4.78 is 10.3. The fourth-order valence-corrected chi connectivity index (χ4v) is 3.68. The average Bonchev–Trinajstić information content (AvgIpc) is 3.19. The fourth-order valence-electron chi connectivity index (χ4n) is 3.68. The lowest BCUT2D eigenvalue weighted by Gasteiger charge is -2.32. The number of aromatic nitrogens is 1. The molecular formula is C24H35N3O7. The summed E-state index contributed by atoms with van der Waals surface area (Å²) in [4.78, 5) is 33.2. The molecular weight excluding hydrogens is 442 g/mol. The van der Waals surface area contributed by atoms with Crippen LogP contribution in [-0.2, 0) is 30.3 Å². The summed E-state index contributed by atoms with van der Waals surface area (Å²) in [5.74, 6) is -1.20. The largest absolute Gasteiger partial charge is 0.467 e. The zero-order valence-electron chi connectivity index (χ0n) is 20.5. The third-order valence-corrected chi connectivity index (χ3v) is 5.34. The molecule has 1 heterocycles. The summed E-state index contributed by atoms with van der Waals surface area (Å²) in [5.41, 5.74) is 1.35. The summed E-state index contributed by atoms with van der Waals surface area (Å²) in [6.07, 6.45) is -1.15. The number of carbonyl (C=O) groups is 2. The van der Waals surface area contributed by atoms with Crippen LogP contribution < -0.4 is 5.32 Å². The van der Waals surface area contributed by atoms with Crippen molar-refractivity contribution < 1.29 is 34.1 Å². The van der Waals surface area contributed by atoms with Crippen LogP contribution in [0.15, 0.2) is 35.6 Å². The molecule has 1 unspecified atom stereocenters. The second-order valence-electron chi connectivity index (χ2n) is 9.16. The number of para-hydroxylation sites is 1. The van der Waals surface area contributed by atoms with Gasteiger partial charge in [0.1, 0.15) is 24.0 Å². The molecule has 2 aromatic rings. The summed E-state index contributed by atoms with van der Waals surface area (Å²) in [6.45, 7) is 6.53. The van der Waals surface area contributed by atoms with Gasteiger partial charge in [0.2, 0.25) is 0 Å². The van der Waals surface area contributed by atoms with Gasteiger partial charge in [-0.05, 0) is 24.0 Å². The monoisotopic (exact) mass is 477 g/mol. The molecule has 2 rings (SSSR count). The van der Waals surface area contributed by atoms with E-state index in [2.05, 4.69) is 15.5 Å². The van der Waals surface area contributed by atoms with Crippen LogP contribution in [-0.4, -0.2) is 78.0 Å².